The molecule has 0 saturated heterocycles. The first kappa shape index (κ1) is 17.0. The fourth-order valence-electron chi connectivity index (χ4n) is 1.70. The summed E-state index contributed by atoms with van der Waals surface area (Å²) in [6.45, 7) is 1.89. The molecule has 0 bridgehead atoms. The molecule has 0 heterocycles. The second kappa shape index (κ2) is 6.62. The molecule has 1 N–H and O–H groups in total. The Kier molecular flexibility index (Phi) is 5.64. The molecule has 0 fully saturated rings. The van der Waals surface area contributed by atoms with E-state index in [1.54, 1.807) is 0 Å². The minimum absolute atomic E-state index is 0.0684. The Morgan fingerprint density at radius 2 is 1.80 bits per heavy atom. The lowest BCUT2D eigenvalue weighted by atomic mass is 10.1. The summed E-state index contributed by atoms with van der Waals surface area (Å²) in [7, 11) is 1.39. The van der Waals surface area contributed by atoms with E-state index in [9.17, 15) is 12.8 Å². The van der Waals surface area contributed by atoms with E-state index in [2.05, 4.69) is 0 Å². The van der Waals surface area contributed by atoms with E-state index in [4.69, 9.17) is 5.11 Å². The topological polar surface area (TPSA) is 60.9 Å². The van der Waals surface area contributed by atoms with Gasteiger partial charge in [-0.15, -0.1) is 0 Å². The van der Waals surface area contributed by atoms with Gasteiger partial charge in [-0.25, -0.2) is 12.8 Å². The van der Waals surface area contributed by atoms with E-state index >= 15 is 0 Å². The molecule has 0 aliphatic heterocycles. The Bertz CT molecular complexity index is 573. The number of aliphatic hydroxyl groups is 1. The van der Waals surface area contributed by atoms with Crippen molar-refractivity contribution in [2.45, 2.75) is 18.4 Å². The number of nitrogens with zero attached hydrogens (tertiary/aromatic N) is 2. The third kappa shape index (κ3) is 3.76. The molecule has 0 amide bonds. The summed E-state index contributed by atoms with van der Waals surface area (Å²) in [5.74, 6) is -0.629. The Morgan fingerprint density at radius 1 is 1.20 bits per heavy atom. The third-order valence-corrected chi connectivity index (χ3v) is 5.07. The molecule has 0 aromatic heterocycles. The predicted octanol–water partition coefficient (Wildman–Crippen LogP) is 0.809. The van der Waals surface area contributed by atoms with Crippen molar-refractivity contribution in [3.63, 3.8) is 0 Å². The zero-order valence-electron chi connectivity index (χ0n) is 12.2. The largest absolute Gasteiger partial charge is 0.392 e. The summed E-state index contributed by atoms with van der Waals surface area (Å²) in [5, 5.41) is 9.08. The molecule has 5 nitrogen and oxygen atoms in total. The Balaban J connectivity index is 3.18. The van der Waals surface area contributed by atoms with Crippen LogP contribution >= 0.6 is 0 Å². The molecule has 7 heteroatoms. The summed E-state index contributed by atoms with van der Waals surface area (Å²) < 4.78 is 39.8. The fraction of sp³-hybridized carbons (Fsp3) is 0.538. The van der Waals surface area contributed by atoms with Gasteiger partial charge in [0.2, 0.25) is 10.0 Å². The number of hydrogen-bond donors (Lipinski definition) is 1. The summed E-state index contributed by atoms with van der Waals surface area (Å²) in [6.07, 6.45) is 0. The summed E-state index contributed by atoms with van der Waals surface area (Å²) in [4.78, 5) is 1.77. The Morgan fingerprint density at radius 3 is 2.30 bits per heavy atom. The Labute approximate surface area is 119 Å². The first-order chi connectivity index (χ1) is 9.20. The zero-order valence-corrected chi connectivity index (χ0v) is 13.0. The van der Waals surface area contributed by atoms with Crippen molar-refractivity contribution in [1.82, 2.24) is 9.21 Å². The van der Waals surface area contributed by atoms with Crippen molar-refractivity contribution in [3.05, 3.63) is 29.1 Å². The van der Waals surface area contributed by atoms with Crippen LogP contribution in [0.2, 0.25) is 0 Å². The van der Waals surface area contributed by atoms with Crippen LogP contribution in [0.5, 0.6) is 0 Å². The summed E-state index contributed by atoms with van der Waals surface area (Å²) in [5.41, 5.74) is 0.312. The molecular weight excluding hydrogens is 283 g/mol. The van der Waals surface area contributed by atoms with Crippen molar-refractivity contribution in [2.75, 3.05) is 34.2 Å². The number of halogens is 1. The number of benzene rings is 1. The maximum absolute atomic E-state index is 13.7. The highest BCUT2D eigenvalue weighted by molar-refractivity contribution is 7.89. The van der Waals surface area contributed by atoms with Crippen molar-refractivity contribution < 1.29 is 17.9 Å². The lowest BCUT2D eigenvalue weighted by Gasteiger charge is -2.21. The van der Waals surface area contributed by atoms with Crippen LogP contribution in [0.15, 0.2) is 17.0 Å². The van der Waals surface area contributed by atoms with Gasteiger partial charge in [-0.05, 0) is 38.7 Å². The third-order valence-electron chi connectivity index (χ3n) is 3.09. The van der Waals surface area contributed by atoms with Crippen molar-refractivity contribution in [3.8, 4) is 0 Å². The van der Waals surface area contributed by atoms with Crippen LogP contribution in [0.4, 0.5) is 4.39 Å². The van der Waals surface area contributed by atoms with Gasteiger partial charge in [0.1, 0.15) is 5.82 Å². The van der Waals surface area contributed by atoms with Crippen LogP contribution in [-0.2, 0) is 16.6 Å². The normalized spacial score (nSPS) is 12.4. The van der Waals surface area contributed by atoms with Gasteiger partial charge in [0.25, 0.3) is 0 Å². The van der Waals surface area contributed by atoms with Crippen LogP contribution in [0.3, 0.4) is 0 Å². The number of sulfonamides is 1. The molecular formula is C13H21FN2O3S. The molecule has 0 unspecified atom stereocenters. The maximum atomic E-state index is 13.7. The van der Waals surface area contributed by atoms with E-state index in [0.717, 1.165) is 6.07 Å². The van der Waals surface area contributed by atoms with Crippen molar-refractivity contribution >= 4 is 10.0 Å². The maximum Gasteiger partial charge on any atom is 0.243 e. The summed E-state index contributed by atoms with van der Waals surface area (Å²) in [6, 6.07) is 2.47. The van der Waals surface area contributed by atoms with Crippen LogP contribution < -0.4 is 0 Å². The van der Waals surface area contributed by atoms with Gasteiger partial charge >= 0.3 is 0 Å². The van der Waals surface area contributed by atoms with Crippen LogP contribution in [0.25, 0.3) is 0 Å². The minimum Gasteiger partial charge on any atom is -0.392 e. The van der Waals surface area contributed by atoms with Crippen LogP contribution in [0, 0.1) is 12.7 Å². The second-order valence-corrected chi connectivity index (χ2v) is 7.00. The number of likely N-dealkylation sites (N-methyl/N-ethyl adjacent to an activating group) is 2. The molecule has 0 aliphatic carbocycles. The first-order valence-electron chi connectivity index (χ1n) is 6.21. The SMILES string of the molecule is Cc1c(F)cc(CO)cc1S(=O)(=O)N(C)CCN(C)C. The van der Waals surface area contributed by atoms with Crippen molar-refractivity contribution in [1.29, 1.82) is 0 Å². The first-order valence-corrected chi connectivity index (χ1v) is 7.65. The Hall–Kier alpha value is -1.02. The van der Waals surface area contributed by atoms with Gasteiger partial charge in [-0.2, -0.15) is 4.31 Å². The smallest absolute Gasteiger partial charge is 0.243 e. The van der Waals surface area contributed by atoms with Crippen LogP contribution in [0.1, 0.15) is 11.1 Å². The fourth-order valence-corrected chi connectivity index (χ4v) is 3.14. The van der Waals surface area contributed by atoms with Gasteiger partial charge in [-0.3, -0.25) is 0 Å². The lowest BCUT2D eigenvalue weighted by Crippen LogP contribution is -2.34. The molecule has 0 radical (unpaired) electrons. The van der Waals surface area contributed by atoms with Gasteiger partial charge in [0.05, 0.1) is 11.5 Å². The predicted molar refractivity (Wildman–Crippen MR) is 75.4 cm³/mol. The quantitative estimate of drug-likeness (QED) is 0.845. The van der Waals surface area contributed by atoms with Crippen LogP contribution in [-0.4, -0.2) is 57.0 Å². The molecule has 0 atom stereocenters. The molecule has 20 heavy (non-hydrogen) atoms. The standard InChI is InChI=1S/C13H21FN2O3S/c1-10-12(14)7-11(9-17)8-13(10)20(18,19)16(4)6-5-15(2)3/h7-8,17H,5-6,9H2,1-4H3. The average molecular weight is 304 g/mol. The highest BCUT2D eigenvalue weighted by Crippen LogP contribution is 2.23. The lowest BCUT2D eigenvalue weighted by molar-refractivity contribution is 0.280. The highest BCUT2D eigenvalue weighted by atomic mass is 32.2. The number of aliphatic hydroxyl groups excluding tert-OH is 1. The summed E-state index contributed by atoms with van der Waals surface area (Å²) >= 11 is 0. The monoisotopic (exact) mass is 304 g/mol. The molecule has 0 spiro atoms. The second-order valence-electron chi connectivity index (χ2n) is 4.99. The van der Waals surface area contributed by atoms with Crippen molar-refractivity contribution in [2.24, 2.45) is 0 Å². The van der Waals surface area contributed by atoms with E-state index in [1.807, 2.05) is 19.0 Å². The highest BCUT2D eigenvalue weighted by Gasteiger charge is 2.24. The number of rotatable bonds is 6. The van der Waals surface area contributed by atoms with E-state index in [0.29, 0.717) is 13.1 Å². The van der Waals surface area contributed by atoms with Gasteiger partial charge in [0, 0.05) is 25.7 Å². The average Bonchev–Trinajstić information content (AvgIpc) is 2.38. The van der Waals surface area contributed by atoms with E-state index < -0.39 is 22.4 Å². The molecule has 114 valence electrons. The van der Waals surface area contributed by atoms with E-state index in [1.165, 1.54) is 24.3 Å². The van der Waals surface area contributed by atoms with E-state index in [-0.39, 0.29) is 16.0 Å². The zero-order chi connectivity index (χ0) is 15.5. The molecule has 1 rings (SSSR count). The molecule has 1 aromatic carbocycles. The van der Waals surface area contributed by atoms with Gasteiger partial charge < -0.3 is 10.0 Å². The van der Waals surface area contributed by atoms with Gasteiger partial charge in [-0.1, -0.05) is 0 Å². The molecule has 0 aliphatic rings. The van der Waals surface area contributed by atoms with Gasteiger partial charge in [0.15, 0.2) is 0 Å². The minimum atomic E-state index is -3.76. The number of hydrogen-bond acceptors (Lipinski definition) is 4. The molecule has 0 saturated carbocycles. The molecule has 1 aromatic rings.